The van der Waals surface area contributed by atoms with Crippen LogP contribution in [0, 0.1) is 11.6 Å². The predicted octanol–water partition coefficient (Wildman–Crippen LogP) is 4.44. The summed E-state index contributed by atoms with van der Waals surface area (Å²) in [6.07, 6.45) is 7.16. The Morgan fingerprint density at radius 3 is 2.54 bits per heavy atom. The van der Waals surface area contributed by atoms with Gasteiger partial charge in [-0.05, 0) is 49.2 Å². The van der Waals surface area contributed by atoms with Crippen LogP contribution in [0.25, 0.3) is 28.9 Å². The van der Waals surface area contributed by atoms with Gasteiger partial charge in [0.2, 0.25) is 0 Å². The maximum Gasteiger partial charge on any atom is 0.182 e. The van der Waals surface area contributed by atoms with Crippen molar-refractivity contribution in [3.05, 3.63) is 71.6 Å². The summed E-state index contributed by atoms with van der Waals surface area (Å²) in [5.41, 5.74) is 3.30. The number of benzene rings is 1. The Balaban J connectivity index is 1.95. The van der Waals surface area contributed by atoms with Crippen LogP contribution in [0.4, 0.5) is 8.78 Å². The Labute approximate surface area is 137 Å². The zero-order valence-corrected chi connectivity index (χ0v) is 12.7. The molecule has 0 amide bonds. The number of rotatable bonds is 2. The lowest BCUT2D eigenvalue weighted by Gasteiger charge is -2.15. The second-order valence-electron chi connectivity index (χ2n) is 5.54. The molecule has 1 aliphatic carbocycles. The fraction of sp³-hybridized carbons (Fsp3) is 0.105. The van der Waals surface area contributed by atoms with Gasteiger partial charge >= 0.3 is 0 Å². The van der Waals surface area contributed by atoms with Gasteiger partial charge in [0.15, 0.2) is 11.6 Å². The van der Waals surface area contributed by atoms with Crippen molar-refractivity contribution in [3.63, 3.8) is 0 Å². The molecule has 1 aliphatic rings. The Kier molecular flexibility index (Phi) is 3.61. The van der Waals surface area contributed by atoms with Gasteiger partial charge in [0, 0.05) is 17.3 Å². The van der Waals surface area contributed by atoms with Crippen LogP contribution in [0.15, 0.2) is 48.7 Å². The highest BCUT2D eigenvalue weighted by molar-refractivity contribution is 5.75. The molecule has 3 aromatic rings. The van der Waals surface area contributed by atoms with Gasteiger partial charge in [-0.15, -0.1) is 0 Å². The standard InChI is InChI=1S/C19H13F2N3/c20-13-9-7-12(8-10-13)17-14-4-1-2-6-16(14)23-19(24-17)18-15(21)5-3-11-22-18/h1,3-5,7-11H,2,6H2. The first-order valence-corrected chi connectivity index (χ1v) is 7.66. The van der Waals surface area contributed by atoms with Gasteiger partial charge in [0.25, 0.3) is 0 Å². The molecule has 5 heteroatoms. The van der Waals surface area contributed by atoms with Gasteiger partial charge < -0.3 is 0 Å². The molecule has 0 radical (unpaired) electrons. The minimum Gasteiger partial charge on any atom is -0.250 e. The molecule has 1 aromatic carbocycles. The second-order valence-corrected chi connectivity index (χ2v) is 5.54. The van der Waals surface area contributed by atoms with E-state index in [0.717, 1.165) is 29.7 Å². The van der Waals surface area contributed by atoms with Gasteiger partial charge in [0.05, 0.1) is 11.4 Å². The zero-order valence-electron chi connectivity index (χ0n) is 12.7. The molecule has 0 saturated heterocycles. The molecule has 3 nitrogen and oxygen atoms in total. The van der Waals surface area contributed by atoms with Gasteiger partial charge in [-0.3, -0.25) is 0 Å². The zero-order chi connectivity index (χ0) is 16.5. The summed E-state index contributed by atoms with van der Waals surface area (Å²) in [4.78, 5) is 13.1. The fourth-order valence-electron chi connectivity index (χ4n) is 2.79. The van der Waals surface area contributed by atoms with E-state index in [-0.39, 0.29) is 17.3 Å². The van der Waals surface area contributed by atoms with Crippen molar-refractivity contribution in [2.75, 3.05) is 0 Å². The molecule has 0 spiro atoms. The van der Waals surface area contributed by atoms with E-state index < -0.39 is 5.82 Å². The lowest BCUT2D eigenvalue weighted by Crippen LogP contribution is -2.06. The number of hydrogen-bond acceptors (Lipinski definition) is 3. The van der Waals surface area contributed by atoms with Crippen LogP contribution < -0.4 is 0 Å². The number of fused-ring (bicyclic) bond motifs is 1. The van der Waals surface area contributed by atoms with Crippen LogP contribution in [0.1, 0.15) is 17.7 Å². The van der Waals surface area contributed by atoms with E-state index in [0.29, 0.717) is 5.69 Å². The monoisotopic (exact) mass is 321 g/mol. The average molecular weight is 321 g/mol. The molecule has 118 valence electrons. The van der Waals surface area contributed by atoms with Crippen LogP contribution in [0.5, 0.6) is 0 Å². The molecule has 4 rings (SSSR count). The highest BCUT2D eigenvalue weighted by Gasteiger charge is 2.19. The number of nitrogens with zero attached hydrogens (tertiary/aromatic N) is 3. The molecule has 0 N–H and O–H groups in total. The van der Waals surface area contributed by atoms with Gasteiger partial charge in [-0.25, -0.2) is 23.7 Å². The minimum absolute atomic E-state index is 0.123. The molecule has 0 bridgehead atoms. The van der Waals surface area contributed by atoms with E-state index in [1.165, 1.54) is 30.5 Å². The van der Waals surface area contributed by atoms with Crippen molar-refractivity contribution in [2.24, 2.45) is 0 Å². The van der Waals surface area contributed by atoms with E-state index in [4.69, 9.17) is 0 Å². The second kappa shape index (κ2) is 5.92. The molecular formula is C19H13F2N3. The Bertz CT molecular complexity index is 934. The lowest BCUT2D eigenvalue weighted by atomic mass is 9.97. The van der Waals surface area contributed by atoms with Crippen LogP contribution in [0.3, 0.4) is 0 Å². The largest absolute Gasteiger partial charge is 0.250 e. The predicted molar refractivity (Wildman–Crippen MR) is 88.0 cm³/mol. The normalized spacial score (nSPS) is 12.9. The molecule has 0 saturated carbocycles. The number of aryl methyl sites for hydroxylation is 1. The van der Waals surface area contributed by atoms with Crippen molar-refractivity contribution >= 4 is 6.08 Å². The molecular weight excluding hydrogens is 308 g/mol. The van der Waals surface area contributed by atoms with E-state index >= 15 is 0 Å². The maximum atomic E-state index is 14.1. The lowest BCUT2D eigenvalue weighted by molar-refractivity contribution is 0.624. The van der Waals surface area contributed by atoms with Crippen molar-refractivity contribution < 1.29 is 8.78 Å². The number of pyridine rings is 1. The highest BCUT2D eigenvalue weighted by Crippen LogP contribution is 2.31. The molecule has 2 aromatic heterocycles. The molecule has 24 heavy (non-hydrogen) atoms. The minimum atomic E-state index is -0.464. The van der Waals surface area contributed by atoms with Gasteiger partial charge in [-0.1, -0.05) is 12.2 Å². The third kappa shape index (κ3) is 2.58. The molecule has 0 aliphatic heterocycles. The smallest absolute Gasteiger partial charge is 0.182 e. The summed E-state index contributed by atoms with van der Waals surface area (Å²) in [6.45, 7) is 0. The summed E-state index contributed by atoms with van der Waals surface area (Å²) in [5.74, 6) is -0.524. The highest BCUT2D eigenvalue weighted by atomic mass is 19.1. The summed E-state index contributed by atoms with van der Waals surface area (Å²) in [6, 6.07) is 8.97. The first-order valence-electron chi connectivity index (χ1n) is 7.66. The molecule has 2 heterocycles. The van der Waals surface area contributed by atoms with E-state index in [2.05, 4.69) is 21.0 Å². The summed E-state index contributed by atoms with van der Waals surface area (Å²) in [7, 11) is 0. The molecule has 0 unspecified atom stereocenters. The number of aromatic nitrogens is 3. The molecule has 0 atom stereocenters. The van der Waals surface area contributed by atoms with E-state index in [1.54, 1.807) is 12.1 Å². The Hall–Kier alpha value is -2.95. The van der Waals surface area contributed by atoms with Crippen LogP contribution in [-0.4, -0.2) is 15.0 Å². The van der Waals surface area contributed by atoms with Crippen LogP contribution >= 0.6 is 0 Å². The number of hydrogen-bond donors (Lipinski definition) is 0. The first kappa shape index (κ1) is 14.6. The van der Waals surface area contributed by atoms with Gasteiger partial charge in [0.1, 0.15) is 11.5 Å². The van der Waals surface area contributed by atoms with Crippen LogP contribution in [0.2, 0.25) is 0 Å². The summed E-state index contributed by atoms with van der Waals surface area (Å²) in [5, 5.41) is 0. The number of allylic oxidation sites excluding steroid dienone is 1. The topological polar surface area (TPSA) is 38.7 Å². The third-order valence-electron chi connectivity index (χ3n) is 3.94. The van der Waals surface area contributed by atoms with Crippen molar-refractivity contribution in [1.29, 1.82) is 0 Å². The fourth-order valence-corrected chi connectivity index (χ4v) is 2.79. The Morgan fingerprint density at radius 2 is 1.75 bits per heavy atom. The van der Waals surface area contributed by atoms with E-state index in [1.807, 2.05) is 6.08 Å². The maximum absolute atomic E-state index is 14.1. The third-order valence-corrected chi connectivity index (χ3v) is 3.94. The van der Waals surface area contributed by atoms with E-state index in [9.17, 15) is 8.78 Å². The van der Waals surface area contributed by atoms with Gasteiger partial charge in [-0.2, -0.15) is 0 Å². The van der Waals surface area contributed by atoms with Crippen molar-refractivity contribution in [3.8, 4) is 22.8 Å². The first-order chi connectivity index (χ1) is 11.7. The average Bonchev–Trinajstić information content (AvgIpc) is 2.62. The van der Waals surface area contributed by atoms with Crippen molar-refractivity contribution in [1.82, 2.24) is 15.0 Å². The molecule has 0 fully saturated rings. The van der Waals surface area contributed by atoms with Crippen molar-refractivity contribution in [2.45, 2.75) is 12.8 Å². The summed E-state index contributed by atoms with van der Waals surface area (Å²) >= 11 is 0. The number of halogens is 2. The van der Waals surface area contributed by atoms with Crippen LogP contribution in [-0.2, 0) is 6.42 Å². The Morgan fingerprint density at radius 1 is 0.917 bits per heavy atom. The SMILES string of the molecule is Fc1ccc(-c2nc(-c3ncccc3F)nc3c2C=CCC3)cc1. The summed E-state index contributed by atoms with van der Waals surface area (Å²) < 4.78 is 27.3. The quantitative estimate of drug-likeness (QED) is 0.700.